The number of amides is 1. The number of benzene rings is 2. The van der Waals surface area contributed by atoms with Crippen molar-refractivity contribution in [3.63, 3.8) is 0 Å². The van der Waals surface area contributed by atoms with Crippen molar-refractivity contribution in [1.29, 1.82) is 0 Å². The Kier molecular flexibility index (Phi) is 4.89. The molecule has 4 rings (SSSR count). The van der Waals surface area contributed by atoms with Gasteiger partial charge >= 0.3 is 6.09 Å². The average molecular weight is 354 g/mol. The van der Waals surface area contributed by atoms with Crippen molar-refractivity contribution in [2.75, 3.05) is 19.6 Å². The van der Waals surface area contributed by atoms with Crippen LogP contribution >= 0.6 is 0 Å². The molecule has 2 aliphatic heterocycles. The molecule has 0 radical (unpaired) electrons. The fourth-order valence-corrected chi connectivity index (χ4v) is 3.90. The predicted molar refractivity (Wildman–Crippen MR) is 97.5 cm³/mol. The van der Waals surface area contributed by atoms with Crippen LogP contribution in [0.25, 0.3) is 0 Å². The first-order chi connectivity index (χ1) is 12.7. The Morgan fingerprint density at radius 2 is 1.96 bits per heavy atom. The zero-order valence-corrected chi connectivity index (χ0v) is 14.7. The zero-order chi connectivity index (χ0) is 17.9. The molecule has 0 spiro atoms. The van der Waals surface area contributed by atoms with Crippen molar-refractivity contribution < 1.29 is 13.9 Å². The van der Waals surface area contributed by atoms with Gasteiger partial charge in [0.25, 0.3) is 0 Å². The predicted octanol–water partition coefficient (Wildman–Crippen LogP) is 3.66. The minimum absolute atomic E-state index is 0.0812. The van der Waals surface area contributed by atoms with E-state index < -0.39 is 0 Å². The monoisotopic (exact) mass is 354 g/mol. The number of fused-ring (bicyclic) bond motifs is 1. The van der Waals surface area contributed by atoms with Crippen molar-refractivity contribution in [3.05, 3.63) is 71.0 Å². The Hall–Kier alpha value is -2.40. The molecule has 5 heteroatoms. The molecular formula is C21H23FN2O2. The van der Waals surface area contributed by atoms with Crippen LogP contribution in [0.2, 0.25) is 0 Å². The number of hydrogen-bond acceptors (Lipinski definition) is 3. The second-order valence-corrected chi connectivity index (χ2v) is 6.95. The smallest absolute Gasteiger partial charge is 0.410 e. The van der Waals surface area contributed by atoms with E-state index >= 15 is 0 Å². The lowest BCUT2D eigenvalue weighted by Gasteiger charge is -2.38. The molecule has 2 aromatic rings. The lowest BCUT2D eigenvalue weighted by molar-refractivity contribution is 0.0431. The number of carbonyl (C=O) groups excluding carboxylic acids is 1. The fourth-order valence-electron chi connectivity index (χ4n) is 3.90. The van der Waals surface area contributed by atoms with E-state index in [1.54, 1.807) is 17.0 Å². The molecule has 0 saturated carbocycles. The molecule has 1 N–H and O–H groups in total. The van der Waals surface area contributed by atoms with Gasteiger partial charge in [0, 0.05) is 13.1 Å². The van der Waals surface area contributed by atoms with Gasteiger partial charge in [0.05, 0.1) is 6.04 Å². The minimum atomic E-state index is -0.289. The summed E-state index contributed by atoms with van der Waals surface area (Å²) in [6.45, 7) is 2.28. The van der Waals surface area contributed by atoms with Gasteiger partial charge in [-0.25, -0.2) is 9.18 Å². The molecule has 0 aromatic heterocycles. The van der Waals surface area contributed by atoms with Crippen LogP contribution < -0.4 is 5.32 Å². The third-order valence-electron chi connectivity index (χ3n) is 5.22. The lowest BCUT2D eigenvalue weighted by Crippen LogP contribution is -2.44. The maximum Gasteiger partial charge on any atom is 0.410 e. The second kappa shape index (κ2) is 7.46. The highest BCUT2D eigenvalue weighted by Crippen LogP contribution is 2.35. The standard InChI is InChI=1S/C21H23FN2O2/c22-17-9-7-16(8-10-17)20-19-6-2-1-4-15(19)11-13-24(20)21(25)26-18-5-3-12-23-14-18/h1-2,4,6-10,18,20,23H,3,5,11-14H2/t18-,20+/m1/s1. The summed E-state index contributed by atoms with van der Waals surface area (Å²) < 4.78 is 19.2. The Labute approximate surface area is 153 Å². The largest absolute Gasteiger partial charge is 0.445 e. The molecule has 2 heterocycles. The summed E-state index contributed by atoms with van der Waals surface area (Å²) in [6.07, 6.45) is 2.34. The summed E-state index contributed by atoms with van der Waals surface area (Å²) in [4.78, 5) is 14.7. The topological polar surface area (TPSA) is 41.6 Å². The SMILES string of the molecule is O=C(O[C@@H]1CCCNC1)N1CCc2ccccc2[C@@H]1c1ccc(F)cc1. The molecule has 0 aliphatic carbocycles. The molecular weight excluding hydrogens is 331 g/mol. The van der Waals surface area contributed by atoms with Gasteiger partial charge in [-0.2, -0.15) is 0 Å². The third-order valence-corrected chi connectivity index (χ3v) is 5.22. The van der Waals surface area contributed by atoms with Gasteiger partial charge in [-0.15, -0.1) is 0 Å². The summed E-state index contributed by atoms with van der Waals surface area (Å²) in [5.74, 6) is -0.278. The van der Waals surface area contributed by atoms with E-state index in [9.17, 15) is 9.18 Å². The van der Waals surface area contributed by atoms with Crippen LogP contribution in [0.4, 0.5) is 9.18 Å². The van der Waals surface area contributed by atoms with Crippen LogP contribution in [-0.4, -0.2) is 36.7 Å². The van der Waals surface area contributed by atoms with E-state index in [0.29, 0.717) is 13.1 Å². The Morgan fingerprint density at radius 1 is 1.15 bits per heavy atom. The van der Waals surface area contributed by atoms with Gasteiger partial charge in [0.1, 0.15) is 11.9 Å². The third kappa shape index (κ3) is 3.44. The molecule has 4 nitrogen and oxygen atoms in total. The number of carbonyl (C=O) groups is 1. The number of piperidine rings is 1. The molecule has 2 aliphatic rings. The van der Waals surface area contributed by atoms with Crippen LogP contribution in [0.3, 0.4) is 0 Å². The molecule has 136 valence electrons. The summed E-state index contributed by atoms with van der Waals surface area (Å²) in [7, 11) is 0. The lowest BCUT2D eigenvalue weighted by atomic mass is 9.88. The van der Waals surface area contributed by atoms with Crippen molar-refractivity contribution in [3.8, 4) is 0 Å². The summed E-state index contributed by atoms with van der Waals surface area (Å²) in [5.41, 5.74) is 3.21. The number of hydrogen-bond donors (Lipinski definition) is 1. The molecule has 26 heavy (non-hydrogen) atoms. The van der Waals surface area contributed by atoms with Gasteiger partial charge in [-0.05, 0) is 54.6 Å². The van der Waals surface area contributed by atoms with E-state index in [4.69, 9.17) is 4.74 Å². The normalized spacial score (nSPS) is 22.6. The number of ether oxygens (including phenoxy) is 1. The van der Waals surface area contributed by atoms with Gasteiger partial charge in [-0.3, -0.25) is 4.90 Å². The van der Waals surface area contributed by atoms with E-state index in [0.717, 1.165) is 36.9 Å². The molecule has 2 aromatic carbocycles. The van der Waals surface area contributed by atoms with Gasteiger partial charge < -0.3 is 10.1 Å². The average Bonchev–Trinajstić information content (AvgIpc) is 2.68. The molecule has 0 bridgehead atoms. The maximum atomic E-state index is 13.4. The Morgan fingerprint density at radius 3 is 2.73 bits per heavy atom. The highest BCUT2D eigenvalue weighted by Gasteiger charge is 2.34. The van der Waals surface area contributed by atoms with Crippen molar-refractivity contribution >= 4 is 6.09 Å². The van der Waals surface area contributed by atoms with E-state index in [-0.39, 0.29) is 24.1 Å². The highest BCUT2D eigenvalue weighted by atomic mass is 19.1. The Balaban J connectivity index is 1.64. The minimum Gasteiger partial charge on any atom is -0.445 e. The van der Waals surface area contributed by atoms with E-state index in [1.165, 1.54) is 17.7 Å². The van der Waals surface area contributed by atoms with Crippen LogP contribution in [0.15, 0.2) is 48.5 Å². The summed E-state index contributed by atoms with van der Waals surface area (Å²) >= 11 is 0. The van der Waals surface area contributed by atoms with Crippen molar-refractivity contribution in [2.24, 2.45) is 0 Å². The second-order valence-electron chi connectivity index (χ2n) is 6.95. The van der Waals surface area contributed by atoms with Crippen LogP contribution in [0.1, 0.15) is 35.6 Å². The van der Waals surface area contributed by atoms with E-state index in [1.807, 2.05) is 18.2 Å². The van der Waals surface area contributed by atoms with Crippen LogP contribution in [0.5, 0.6) is 0 Å². The molecule has 0 unspecified atom stereocenters. The highest BCUT2D eigenvalue weighted by molar-refractivity contribution is 5.70. The van der Waals surface area contributed by atoms with Gasteiger partial charge in [0.2, 0.25) is 0 Å². The number of nitrogens with zero attached hydrogens (tertiary/aromatic N) is 1. The quantitative estimate of drug-likeness (QED) is 0.895. The molecule has 1 saturated heterocycles. The zero-order valence-electron chi connectivity index (χ0n) is 14.7. The summed E-state index contributed by atoms with van der Waals surface area (Å²) in [6, 6.07) is 14.3. The first-order valence-corrected chi connectivity index (χ1v) is 9.23. The number of nitrogens with one attached hydrogen (secondary N) is 1. The van der Waals surface area contributed by atoms with E-state index in [2.05, 4.69) is 11.4 Å². The molecule has 1 amide bonds. The maximum absolute atomic E-state index is 13.4. The number of rotatable bonds is 2. The molecule has 1 fully saturated rings. The van der Waals surface area contributed by atoms with Crippen LogP contribution in [-0.2, 0) is 11.2 Å². The fraction of sp³-hybridized carbons (Fsp3) is 0.381. The summed E-state index contributed by atoms with van der Waals surface area (Å²) in [5, 5.41) is 3.27. The first kappa shape index (κ1) is 17.0. The van der Waals surface area contributed by atoms with Crippen molar-refractivity contribution in [2.45, 2.75) is 31.4 Å². The van der Waals surface area contributed by atoms with Gasteiger partial charge in [-0.1, -0.05) is 36.4 Å². The number of halogens is 1. The van der Waals surface area contributed by atoms with Gasteiger partial charge in [0.15, 0.2) is 0 Å². The first-order valence-electron chi connectivity index (χ1n) is 9.23. The Bertz CT molecular complexity index is 772. The van der Waals surface area contributed by atoms with Crippen molar-refractivity contribution in [1.82, 2.24) is 10.2 Å². The van der Waals surface area contributed by atoms with Crippen LogP contribution in [0, 0.1) is 5.82 Å². The molecule has 2 atom stereocenters.